The van der Waals surface area contributed by atoms with Crippen molar-refractivity contribution in [2.45, 2.75) is 0 Å². The van der Waals surface area contributed by atoms with E-state index in [2.05, 4.69) is 10.2 Å². The fraction of sp³-hybridized carbons (Fsp3) is 0.750. The minimum Gasteiger partial charge on any atom is -0.331 e. The maximum atomic E-state index is 11.3. The molecule has 1 fully saturated rings. The zero-order valence-corrected chi connectivity index (χ0v) is 7.82. The summed E-state index contributed by atoms with van der Waals surface area (Å²) < 4.78 is 0. The summed E-state index contributed by atoms with van der Waals surface area (Å²) in [6, 6.07) is -0.139. The number of likely N-dealkylation sites (N-methyl/N-ethyl adjacent to an activating group) is 1. The van der Waals surface area contributed by atoms with Gasteiger partial charge in [-0.2, -0.15) is 0 Å². The van der Waals surface area contributed by atoms with Gasteiger partial charge in [0.05, 0.1) is 6.54 Å². The molecule has 0 spiro atoms. The minimum absolute atomic E-state index is 0.102. The highest BCUT2D eigenvalue weighted by atomic mass is 16.2. The molecule has 1 heterocycles. The van der Waals surface area contributed by atoms with Crippen molar-refractivity contribution < 1.29 is 9.59 Å². The van der Waals surface area contributed by atoms with Crippen LogP contribution < -0.4 is 5.32 Å². The number of hydrogen-bond acceptors (Lipinski definition) is 3. The first kappa shape index (κ1) is 9.98. The Kier molecular flexibility index (Phi) is 3.70. The van der Waals surface area contributed by atoms with E-state index >= 15 is 0 Å². The number of rotatable bonds is 2. The van der Waals surface area contributed by atoms with E-state index in [1.165, 1.54) is 0 Å². The molecular weight excluding hydrogens is 170 g/mol. The van der Waals surface area contributed by atoms with Crippen molar-refractivity contribution in [1.82, 2.24) is 15.1 Å². The molecule has 1 saturated heterocycles. The largest absolute Gasteiger partial charge is 0.331 e. The second-order valence-electron chi connectivity index (χ2n) is 3.14. The molecule has 1 aliphatic rings. The van der Waals surface area contributed by atoms with E-state index < -0.39 is 0 Å². The van der Waals surface area contributed by atoms with Crippen LogP contribution in [0.2, 0.25) is 0 Å². The molecule has 5 heteroatoms. The molecular formula is C8H15N3O2. The molecule has 1 aliphatic heterocycles. The summed E-state index contributed by atoms with van der Waals surface area (Å²) in [5, 5.41) is 2.52. The Balaban J connectivity index is 2.27. The molecule has 0 radical (unpaired) electrons. The van der Waals surface area contributed by atoms with Gasteiger partial charge in [0.25, 0.3) is 0 Å². The summed E-state index contributed by atoms with van der Waals surface area (Å²) in [5.74, 6) is 0. The Hall–Kier alpha value is -1.10. The summed E-state index contributed by atoms with van der Waals surface area (Å²) in [7, 11) is 2.03. The van der Waals surface area contributed by atoms with Crippen molar-refractivity contribution in [2.75, 3.05) is 39.8 Å². The van der Waals surface area contributed by atoms with Gasteiger partial charge in [0, 0.05) is 26.2 Å². The average molecular weight is 185 g/mol. The van der Waals surface area contributed by atoms with E-state index in [0.29, 0.717) is 6.29 Å². The first-order valence-corrected chi connectivity index (χ1v) is 4.39. The Morgan fingerprint density at radius 1 is 1.38 bits per heavy atom. The normalized spacial score (nSPS) is 18.4. The lowest BCUT2D eigenvalue weighted by Gasteiger charge is -2.32. The highest BCUT2D eigenvalue weighted by Gasteiger charge is 2.17. The van der Waals surface area contributed by atoms with Gasteiger partial charge in [-0.3, -0.25) is 0 Å². The van der Waals surface area contributed by atoms with Gasteiger partial charge < -0.3 is 19.9 Å². The predicted molar refractivity (Wildman–Crippen MR) is 48.5 cm³/mol. The molecule has 0 aliphatic carbocycles. The first-order chi connectivity index (χ1) is 6.24. The Labute approximate surface area is 77.7 Å². The third-order valence-corrected chi connectivity index (χ3v) is 2.13. The molecule has 13 heavy (non-hydrogen) atoms. The molecule has 0 aromatic rings. The second-order valence-corrected chi connectivity index (χ2v) is 3.14. The SMILES string of the molecule is CN1CCN(C(=O)NCC=O)CC1. The molecule has 74 valence electrons. The Bertz CT molecular complexity index is 188. The van der Waals surface area contributed by atoms with Gasteiger partial charge in [-0.25, -0.2) is 4.79 Å². The first-order valence-electron chi connectivity index (χ1n) is 4.39. The molecule has 5 nitrogen and oxygen atoms in total. The molecule has 0 unspecified atom stereocenters. The Morgan fingerprint density at radius 2 is 2.00 bits per heavy atom. The van der Waals surface area contributed by atoms with Crippen LogP contribution in [0.25, 0.3) is 0 Å². The van der Waals surface area contributed by atoms with Crippen LogP contribution in [0, 0.1) is 0 Å². The van der Waals surface area contributed by atoms with Crippen molar-refractivity contribution in [3.05, 3.63) is 0 Å². The van der Waals surface area contributed by atoms with Gasteiger partial charge in [0.15, 0.2) is 0 Å². The fourth-order valence-electron chi connectivity index (χ4n) is 1.25. The zero-order chi connectivity index (χ0) is 9.68. The van der Waals surface area contributed by atoms with E-state index in [-0.39, 0.29) is 12.6 Å². The van der Waals surface area contributed by atoms with E-state index in [4.69, 9.17) is 0 Å². The lowest BCUT2D eigenvalue weighted by molar-refractivity contribution is -0.107. The van der Waals surface area contributed by atoms with Gasteiger partial charge in [-0.1, -0.05) is 0 Å². The summed E-state index contributed by atoms with van der Waals surface area (Å²) >= 11 is 0. The number of nitrogens with one attached hydrogen (secondary N) is 1. The third-order valence-electron chi connectivity index (χ3n) is 2.13. The number of aldehydes is 1. The molecule has 1 N–H and O–H groups in total. The van der Waals surface area contributed by atoms with Crippen LogP contribution in [0.15, 0.2) is 0 Å². The van der Waals surface area contributed by atoms with Crippen LogP contribution in [-0.4, -0.2) is 61.9 Å². The van der Waals surface area contributed by atoms with Crippen LogP contribution in [-0.2, 0) is 4.79 Å². The Morgan fingerprint density at radius 3 is 2.54 bits per heavy atom. The fourth-order valence-corrected chi connectivity index (χ4v) is 1.25. The number of nitrogens with zero attached hydrogens (tertiary/aromatic N) is 2. The van der Waals surface area contributed by atoms with E-state index in [0.717, 1.165) is 26.2 Å². The van der Waals surface area contributed by atoms with Crippen molar-refractivity contribution >= 4 is 12.3 Å². The lowest BCUT2D eigenvalue weighted by atomic mass is 10.3. The summed E-state index contributed by atoms with van der Waals surface area (Å²) in [4.78, 5) is 25.2. The van der Waals surface area contributed by atoms with Crippen LogP contribution >= 0.6 is 0 Å². The van der Waals surface area contributed by atoms with E-state index in [1.807, 2.05) is 7.05 Å². The highest BCUT2D eigenvalue weighted by Crippen LogP contribution is 1.98. The smallest absolute Gasteiger partial charge is 0.317 e. The van der Waals surface area contributed by atoms with Crippen molar-refractivity contribution in [3.8, 4) is 0 Å². The minimum atomic E-state index is -0.139. The zero-order valence-electron chi connectivity index (χ0n) is 7.82. The summed E-state index contributed by atoms with van der Waals surface area (Å²) in [5.41, 5.74) is 0. The monoisotopic (exact) mass is 185 g/mol. The predicted octanol–water partition coefficient (Wildman–Crippen LogP) is -0.858. The molecule has 1 rings (SSSR count). The summed E-state index contributed by atoms with van der Waals surface area (Å²) in [6.45, 7) is 3.37. The van der Waals surface area contributed by atoms with Gasteiger partial charge in [0.1, 0.15) is 6.29 Å². The lowest BCUT2D eigenvalue weighted by Crippen LogP contribution is -2.50. The van der Waals surface area contributed by atoms with Crippen molar-refractivity contribution in [1.29, 1.82) is 0 Å². The summed E-state index contributed by atoms with van der Waals surface area (Å²) in [6.07, 6.45) is 0.688. The number of amides is 2. The van der Waals surface area contributed by atoms with Gasteiger partial charge in [0.2, 0.25) is 0 Å². The van der Waals surface area contributed by atoms with Crippen molar-refractivity contribution in [2.24, 2.45) is 0 Å². The molecule has 0 atom stereocenters. The van der Waals surface area contributed by atoms with Crippen LogP contribution in [0.4, 0.5) is 4.79 Å². The second kappa shape index (κ2) is 4.81. The molecule has 2 amide bonds. The van der Waals surface area contributed by atoms with Crippen LogP contribution in [0.5, 0.6) is 0 Å². The number of carbonyl (C=O) groups is 2. The molecule has 0 bridgehead atoms. The quantitative estimate of drug-likeness (QED) is 0.570. The van der Waals surface area contributed by atoms with Crippen LogP contribution in [0.3, 0.4) is 0 Å². The number of carbonyl (C=O) groups excluding carboxylic acids is 2. The number of hydrogen-bond donors (Lipinski definition) is 1. The molecule has 0 aromatic heterocycles. The van der Waals surface area contributed by atoms with Crippen LogP contribution in [0.1, 0.15) is 0 Å². The number of piperazine rings is 1. The standard InChI is InChI=1S/C8H15N3O2/c1-10-3-5-11(6-4-10)8(13)9-2-7-12/h7H,2-6H2,1H3,(H,9,13). The molecule has 0 saturated carbocycles. The van der Waals surface area contributed by atoms with Gasteiger partial charge in [-0.05, 0) is 7.05 Å². The average Bonchev–Trinajstić information content (AvgIpc) is 2.15. The van der Waals surface area contributed by atoms with Crippen molar-refractivity contribution in [3.63, 3.8) is 0 Å². The van der Waals surface area contributed by atoms with E-state index in [1.54, 1.807) is 4.90 Å². The third kappa shape index (κ3) is 3.02. The van der Waals surface area contributed by atoms with Gasteiger partial charge >= 0.3 is 6.03 Å². The van der Waals surface area contributed by atoms with E-state index in [9.17, 15) is 9.59 Å². The highest BCUT2D eigenvalue weighted by molar-refractivity contribution is 5.76. The molecule has 0 aromatic carbocycles. The maximum Gasteiger partial charge on any atom is 0.317 e. The van der Waals surface area contributed by atoms with Gasteiger partial charge in [-0.15, -0.1) is 0 Å². The topological polar surface area (TPSA) is 52.6 Å². The maximum absolute atomic E-state index is 11.3. The number of urea groups is 1.